The summed E-state index contributed by atoms with van der Waals surface area (Å²) in [6.45, 7) is 9.46. The summed E-state index contributed by atoms with van der Waals surface area (Å²) in [4.78, 5) is 2.82. The molecule has 1 heterocycles. The second-order valence-electron chi connectivity index (χ2n) is 5.62. The average Bonchev–Trinajstić information content (AvgIpc) is 3.08. The van der Waals surface area contributed by atoms with Crippen LogP contribution in [0.1, 0.15) is 52.9 Å². The maximum atomic E-state index is 3.69. The van der Waals surface area contributed by atoms with Gasteiger partial charge in [-0.05, 0) is 31.6 Å². The van der Waals surface area contributed by atoms with Crippen molar-refractivity contribution in [1.82, 2.24) is 10.2 Å². The summed E-state index contributed by atoms with van der Waals surface area (Å²) < 4.78 is 0. The Kier molecular flexibility index (Phi) is 4.26. The molecule has 4 unspecified atom stereocenters. The molecule has 1 N–H and O–H groups in total. The van der Waals surface area contributed by atoms with Gasteiger partial charge in [-0.3, -0.25) is 4.90 Å². The Labute approximate surface area is 101 Å². The fourth-order valence-corrected chi connectivity index (χ4v) is 3.27. The highest BCUT2D eigenvalue weighted by Gasteiger charge is 2.44. The fraction of sp³-hybridized carbons (Fsp3) is 1.00. The topological polar surface area (TPSA) is 15.3 Å². The predicted molar refractivity (Wildman–Crippen MR) is 69.7 cm³/mol. The van der Waals surface area contributed by atoms with Crippen molar-refractivity contribution >= 4 is 0 Å². The van der Waals surface area contributed by atoms with Crippen molar-refractivity contribution in [2.24, 2.45) is 5.92 Å². The van der Waals surface area contributed by atoms with E-state index in [1.165, 1.54) is 45.2 Å². The number of nitrogens with one attached hydrogen (secondary N) is 1. The summed E-state index contributed by atoms with van der Waals surface area (Å²) in [6.07, 6.45) is 6.86. The van der Waals surface area contributed by atoms with Gasteiger partial charge in [0.15, 0.2) is 0 Å². The maximum absolute atomic E-state index is 3.69. The number of rotatable bonds is 5. The van der Waals surface area contributed by atoms with Gasteiger partial charge in [0, 0.05) is 31.2 Å². The largest absolute Gasteiger partial charge is 0.311 e. The second kappa shape index (κ2) is 5.50. The number of hydrogen-bond donors (Lipinski definition) is 1. The van der Waals surface area contributed by atoms with Crippen LogP contribution in [0.2, 0.25) is 0 Å². The van der Waals surface area contributed by atoms with E-state index >= 15 is 0 Å². The lowest BCUT2D eigenvalue weighted by Gasteiger charge is -2.40. The van der Waals surface area contributed by atoms with Crippen molar-refractivity contribution in [2.75, 3.05) is 13.1 Å². The van der Waals surface area contributed by atoms with Gasteiger partial charge in [0.05, 0.1) is 0 Å². The minimum absolute atomic E-state index is 0.741. The SMILES string of the molecule is CCCC1CC1N1CC(CC)NCC1CC. The Morgan fingerprint density at radius 3 is 2.62 bits per heavy atom. The van der Waals surface area contributed by atoms with Gasteiger partial charge in [0.2, 0.25) is 0 Å². The zero-order valence-corrected chi connectivity index (χ0v) is 11.2. The molecule has 2 rings (SSSR count). The van der Waals surface area contributed by atoms with Crippen LogP contribution in [-0.2, 0) is 0 Å². The van der Waals surface area contributed by atoms with Crippen LogP contribution in [0.15, 0.2) is 0 Å². The van der Waals surface area contributed by atoms with Crippen molar-refractivity contribution in [2.45, 2.75) is 71.0 Å². The lowest BCUT2D eigenvalue weighted by atomic mass is 10.0. The molecule has 0 amide bonds. The summed E-state index contributed by atoms with van der Waals surface area (Å²) in [5, 5.41) is 3.69. The molecule has 0 aromatic rings. The highest BCUT2D eigenvalue weighted by Crippen LogP contribution is 2.41. The van der Waals surface area contributed by atoms with Crippen molar-refractivity contribution < 1.29 is 0 Å². The highest BCUT2D eigenvalue weighted by atomic mass is 15.3. The smallest absolute Gasteiger partial charge is 0.0221 e. The molecule has 1 aliphatic heterocycles. The first-order valence-electron chi connectivity index (χ1n) is 7.29. The molecule has 0 radical (unpaired) electrons. The molecule has 1 aliphatic carbocycles. The Bertz CT molecular complexity index is 217. The van der Waals surface area contributed by atoms with E-state index < -0.39 is 0 Å². The molecule has 2 aliphatic rings. The monoisotopic (exact) mass is 224 g/mol. The minimum atomic E-state index is 0.741. The van der Waals surface area contributed by atoms with E-state index in [1.54, 1.807) is 0 Å². The molecule has 0 aromatic heterocycles. The zero-order valence-electron chi connectivity index (χ0n) is 11.2. The molecule has 2 heteroatoms. The molecule has 0 aromatic carbocycles. The third-order valence-electron chi connectivity index (χ3n) is 4.48. The second-order valence-corrected chi connectivity index (χ2v) is 5.62. The van der Waals surface area contributed by atoms with E-state index in [4.69, 9.17) is 0 Å². The van der Waals surface area contributed by atoms with Crippen LogP contribution in [0.25, 0.3) is 0 Å². The van der Waals surface area contributed by atoms with Gasteiger partial charge < -0.3 is 5.32 Å². The Balaban J connectivity index is 1.89. The lowest BCUT2D eigenvalue weighted by Crippen LogP contribution is -2.57. The van der Waals surface area contributed by atoms with Gasteiger partial charge in [0.25, 0.3) is 0 Å². The summed E-state index contributed by atoms with van der Waals surface area (Å²) in [7, 11) is 0. The molecule has 0 spiro atoms. The average molecular weight is 224 g/mol. The molecule has 0 bridgehead atoms. The van der Waals surface area contributed by atoms with E-state index in [-0.39, 0.29) is 0 Å². The van der Waals surface area contributed by atoms with E-state index in [2.05, 4.69) is 31.0 Å². The normalized spacial score (nSPS) is 39.9. The predicted octanol–water partition coefficient (Wildman–Crippen LogP) is 2.64. The van der Waals surface area contributed by atoms with Crippen LogP contribution in [-0.4, -0.2) is 36.1 Å². The first kappa shape index (κ1) is 12.4. The van der Waals surface area contributed by atoms with Crippen LogP contribution < -0.4 is 5.32 Å². The summed E-state index contributed by atoms with van der Waals surface area (Å²) in [5.41, 5.74) is 0. The van der Waals surface area contributed by atoms with Gasteiger partial charge in [-0.2, -0.15) is 0 Å². The van der Waals surface area contributed by atoms with Crippen molar-refractivity contribution in [3.8, 4) is 0 Å². The maximum Gasteiger partial charge on any atom is 0.0221 e. The van der Waals surface area contributed by atoms with E-state index in [0.29, 0.717) is 0 Å². The summed E-state index contributed by atoms with van der Waals surface area (Å²) in [6, 6.07) is 2.47. The van der Waals surface area contributed by atoms with Gasteiger partial charge in [-0.25, -0.2) is 0 Å². The number of piperazine rings is 1. The molecular formula is C14H28N2. The lowest BCUT2D eigenvalue weighted by molar-refractivity contribution is 0.110. The van der Waals surface area contributed by atoms with Crippen LogP contribution >= 0.6 is 0 Å². The standard InChI is InChI=1S/C14H28N2/c1-4-7-11-8-14(11)16-10-12(5-2)15-9-13(16)6-3/h11-15H,4-10H2,1-3H3. The fourth-order valence-electron chi connectivity index (χ4n) is 3.27. The molecule has 16 heavy (non-hydrogen) atoms. The number of hydrogen-bond acceptors (Lipinski definition) is 2. The molecule has 2 fully saturated rings. The van der Waals surface area contributed by atoms with Crippen molar-refractivity contribution in [1.29, 1.82) is 0 Å². The van der Waals surface area contributed by atoms with E-state index in [9.17, 15) is 0 Å². The third-order valence-corrected chi connectivity index (χ3v) is 4.48. The summed E-state index contributed by atoms with van der Waals surface area (Å²) in [5.74, 6) is 1.02. The van der Waals surface area contributed by atoms with E-state index in [1.807, 2.05) is 0 Å². The zero-order chi connectivity index (χ0) is 11.5. The van der Waals surface area contributed by atoms with Gasteiger partial charge in [0.1, 0.15) is 0 Å². The Morgan fingerprint density at radius 1 is 1.19 bits per heavy atom. The molecule has 4 atom stereocenters. The highest BCUT2D eigenvalue weighted by molar-refractivity contribution is 5.00. The Morgan fingerprint density at radius 2 is 2.00 bits per heavy atom. The molecule has 2 nitrogen and oxygen atoms in total. The first-order valence-corrected chi connectivity index (χ1v) is 7.29. The van der Waals surface area contributed by atoms with Crippen LogP contribution in [0.3, 0.4) is 0 Å². The Hall–Kier alpha value is -0.0800. The first-order chi connectivity index (χ1) is 7.80. The van der Waals surface area contributed by atoms with Crippen LogP contribution in [0.4, 0.5) is 0 Å². The molecule has 1 saturated carbocycles. The van der Waals surface area contributed by atoms with Gasteiger partial charge in [-0.1, -0.05) is 27.2 Å². The van der Waals surface area contributed by atoms with Crippen molar-refractivity contribution in [3.05, 3.63) is 0 Å². The van der Waals surface area contributed by atoms with Crippen LogP contribution in [0.5, 0.6) is 0 Å². The third kappa shape index (κ3) is 2.60. The molecule has 1 saturated heterocycles. The summed E-state index contributed by atoms with van der Waals surface area (Å²) >= 11 is 0. The molecular weight excluding hydrogens is 196 g/mol. The van der Waals surface area contributed by atoms with Gasteiger partial charge in [-0.15, -0.1) is 0 Å². The van der Waals surface area contributed by atoms with Crippen LogP contribution in [0, 0.1) is 5.92 Å². The van der Waals surface area contributed by atoms with Gasteiger partial charge >= 0.3 is 0 Å². The van der Waals surface area contributed by atoms with Crippen molar-refractivity contribution in [3.63, 3.8) is 0 Å². The quantitative estimate of drug-likeness (QED) is 0.772. The minimum Gasteiger partial charge on any atom is -0.311 e. The van der Waals surface area contributed by atoms with E-state index in [0.717, 1.165) is 24.0 Å². The molecule has 94 valence electrons. The number of nitrogens with zero attached hydrogens (tertiary/aromatic N) is 1.